The monoisotopic (exact) mass is 333 g/mol. The van der Waals surface area contributed by atoms with E-state index in [1.165, 1.54) is 18.9 Å². The number of hydrogen-bond acceptors (Lipinski definition) is 4. The number of rotatable bonds is 5. The van der Waals surface area contributed by atoms with Crippen LogP contribution in [0.2, 0.25) is 0 Å². The topological polar surface area (TPSA) is 38.8 Å². The lowest BCUT2D eigenvalue weighted by Gasteiger charge is -2.52. The van der Waals surface area contributed by atoms with E-state index in [1.54, 1.807) is 0 Å². The van der Waals surface area contributed by atoms with Gasteiger partial charge in [0.1, 0.15) is 12.7 Å². The molecule has 134 valence electrons. The van der Waals surface area contributed by atoms with Crippen LogP contribution >= 0.6 is 0 Å². The van der Waals surface area contributed by atoms with E-state index in [4.69, 9.17) is 9.57 Å². The molecule has 4 nitrogen and oxygen atoms in total. The van der Waals surface area contributed by atoms with Gasteiger partial charge in [0, 0.05) is 18.0 Å². The van der Waals surface area contributed by atoms with Crippen LogP contribution in [0.25, 0.3) is 0 Å². The van der Waals surface area contributed by atoms with Gasteiger partial charge in [-0.2, -0.15) is 5.06 Å². The highest BCUT2D eigenvalue weighted by Crippen LogP contribution is 2.40. The van der Waals surface area contributed by atoms with Crippen molar-refractivity contribution in [2.24, 2.45) is 0 Å². The molecule has 1 aliphatic rings. The van der Waals surface area contributed by atoms with Gasteiger partial charge >= 0.3 is 5.97 Å². The molecule has 0 amide bonds. The maximum Gasteiger partial charge on any atom is 0.302 e. The molecular formula is C20H31NO3. The highest BCUT2D eigenvalue weighted by molar-refractivity contribution is 5.65. The zero-order valence-corrected chi connectivity index (χ0v) is 15.9. The number of hydrogen-bond donors (Lipinski definition) is 0. The van der Waals surface area contributed by atoms with Crippen molar-refractivity contribution in [3.8, 4) is 0 Å². The maximum atomic E-state index is 11.3. The minimum Gasteiger partial charge on any atom is -0.463 e. The van der Waals surface area contributed by atoms with Crippen LogP contribution in [0, 0.1) is 6.92 Å². The van der Waals surface area contributed by atoms with Gasteiger partial charge in [-0.15, -0.1) is 0 Å². The standard InChI is InChI=1S/C20H31NO3/c1-15-8-10-17(11-9-15)18(14-23-16(2)22)24-21-19(3,4)12-7-13-20(21,5)6/h8-11,18H,7,12-14H2,1-6H3. The van der Waals surface area contributed by atoms with Crippen molar-refractivity contribution in [1.82, 2.24) is 5.06 Å². The Morgan fingerprint density at radius 1 is 1.12 bits per heavy atom. The number of piperidine rings is 1. The smallest absolute Gasteiger partial charge is 0.302 e. The van der Waals surface area contributed by atoms with E-state index in [0.29, 0.717) is 0 Å². The Morgan fingerprint density at radius 2 is 1.67 bits per heavy atom. The summed E-state index contributed by atoms with van der Waals surface area (Å²) in [7, 11) is 0. The molecule has 1 heterocycles. The first kappa shape index (κ1) is 18.9. The summed E-state index contributed by atoms with van der Waals surface area (Å²) in [5.74, 6) is -0.284. The third-order valence-corrected chi connectivity index (χ3v) is 4.80. The summed E-state index contributed by atoms with van der Waals surface area (Å²) < 4.78 is 5.28. The summed E-state index contributed by atoms with van der Waals surface area (Å²) in [5, 5.41) is 2.12. The fourth-order valence-corrected chi connectivity index (χ4v) is 3.55. The number of esters is 1. The van der Waals surface area contributed by atoms with Crippen molar-refractivity contribution >= 4 is 5.97 Å². The zero-order chi connectivity index (χ0) is 18.0. The van der Waals surface area contributed by atoms with Crippen LogP contribution in [0.15, 0.2) is 24.3 Å². The number of nitrogens with zero attached hydrogens (tertiary/aromatic N) is 1. The van der Waals surface area contributed by atoms with Crippen LogP contribution in [-0.2, 0) is 14.4 Å². The maximum absolute atomic E-state index is 11.3. The molecule has 2 rings (SSSR count). The molecule has 1 aromatic carbocycles. The molecule has 0 saturated carbocycles. The van der Waals surface area contributed by atoms with Crippen molar-refractivity contribution in [3.63, 3.8) is 0 Å². The first-order valence-electron chi connectivity index (χ1n) is 8.79. The zero-order valence-electron chi connectivity index (χ0n) is 15.9. The van der Waals surface area contributed by atoms with Gasteiger partial charge in [0.2, 0.25) is 0 Å². The van der Waals surface area contributed by atoms with E-state index < -0.39 is 0 Å². The van der Waals surface area contributed by atoms with E-state index in [2.05, 4.69) is 51.8 Å². The largest absolute Gasteiger partial charge is 0.463 e. The summed E-state index contributed by atoms with van der Waals surface area (Å²) in [6.45, 7) is 12.6. The fraction of sp³-hybridized carbons (Fsp3) is 0.650. The normalized spacial score (nSPS) is 21.2. The lowest BCUT2D eigenvalue weighted by Crippen LogP contribution is -2.58. The first-order valence-corrected chi connectivity index (χ1v) is 8.79. The average Bonchev–Trinajstić information content (AvgIpc) is 2.46. The van der Waals surface area contributed by atoms with Gasteiger partial charge in [0.05, 0.1) is 0 Å². The first-order chi connectivity index (χ1) is 11.1. The van der Waals surface area contributed by atoms with Crippen molar-refractivity contribution in [2.75, 3.05) is 6.61 Å². The number of benzene rings is 1. The highest BCUT2D eigenvalue weighted by Gasteiger charge is 2.43. The lowest BCUT2D eigenvalue weighted by molar-refractivity contribution is -0.311. The Bertz CT molecular complexity index is 547. The van der Waals surface area contributed by atoms with Gasteiger partial charge in [-0.05, 0) is 59.4 Å². The molecule has 1 saturated heterocycles. The SMILES string of the molecule is CC(=O)OCC(ON1C(C)(C)CCCC1(C)C)c1ccc(C)cc1. The van der Waals surface area contributed by atoms with Crippen LogP contribution in [0.1, 0.15) is 71.1 Å². The highest BCUT2D eigenvalue weighted by atomic mass is 16.7. The Kier molecular flexibility index (Phi) is 5.71. The van der Waals surface area contributed by atoms with Crippen LogP contribution < -0.4 is 0 Å². The van der Waals surface area contributed by atoms with E-state index in [-0.39, 0.29) is 29.8 Å². The van der Waals surface area contributed by atoms with Gasteiger partial charge in [-0.25, -0.2) is 0 Å². The molecule has 0 radical (unpaired) electrons. The molecule has 0 aromatic heterocycles. The van der Waals surface area contributed by atoms with Crippen molar-refractivity contribution < 1.29 is 14.4 Å². The quantitative estimate of drug-likeness (QED) is 0.740. The molecule has 0 bridgehead atoms. The average molecular weight is 333 g/mol. The minimum atomic E-state index is -0.300. The summed E-state index contributed by atoms with van der Waals surface area (Å²) in [4.78, 5) is 17.7. The third kappa shape index (κ3) is 4.58. The number of carbonyl (C=O) groups excluding carboxylic acids is 1. The van der Waals surface area contributed by atoms with Crippen molar-refractivity contribution in [2.45, 2.75) is 78.0 Å². The molecule has 0 N–H and O–H groups in total. The summed E-state index contributed by atoms with van der Waals surface area (Å²) in [6, 6.07) is 8.22. The van der Waals surface area contributed by atoms with Crippen molar-refractivity contribution in [3.05, 3.63) is 35.4 Å². The number of aryl methyl sites for hydroxylation is 1. The second-order valence-corrected chi connectivity index (χ2v) is 8.08. The summed E-state index contributed by atoms with van der Waals surface area (Å²) in [5.41, 5.74) is 2.12. The van der Waals surface area contributed by atoms with Gasteiger partial charge in [0.25, 0.3) is 0 Å². The number of hydroxylamine groups is 2. The predicted octanol–water partition coefficient (Wildman–Crippen LogP) is 4.57. The van der Waals surface area contributed by atoms with Crippen LogP contribution in [-0.4, -0.2) is 28.7 Å². The van der Waals surface area contributed by atoms with E-state index in [9.17, 15) is 4.79 Å². The Hall–Kier alpha value is -1.39. The Labute approximate surface area is 146 Å². The lowest BCUT2D eigenvalue weighted by atomic mass is 9.82. The molecule has 4 heteroatoms. The minimum absolute atomic E-state index is 0.0546. The number of ether oxygens (including phenoxy) is 1. The molecule has 0 aliphatic carbocycles. The molecule has 1 aliphatic heterocycles. The van der Waals surface area contributed by atoms with E-state index >= 15 is 0 Å². The molecule has 1 atom stereocenters. The number of carbonyl (C=O) groups is 1. The van der Waals surface area contributed by atoms with Crippen LogP contribution in [0.4, 0.5) is 0 Å². The summed E-state index contributed by atoms with van der Waals surface area (Å²) >= 11 is 0. The van der Waals surface area contributed by atoms with Crippen LogP contribution in [0.3, 0.4) is 0 Å². The van der Waals surface area contributed by atoms with Gasteiger partial charge < -0.3 is 4.74 Å². The Balaban J connectivity index is 2.25. The molecular weight excluding hydrogens is 302 g/mol. The second-order valence-electron chi connectivity index (χ2n) is 8.08. The molecule has 1 aromatic rings. The second kappa shape index (κ2) is 7.24. The summed E-state index contributed by atoms with van der Waals surface area (Å²) in [6.07, 6.45) is 3.07. The molecule has 24 heavy (non-hydrogen) atoms. The van der Waals surface area contributed by atoms with Gasteiger partial charge in [-0.3, -0.25) is 9.63 Å². The fourth-order valence-electron chi connectivity index (χ4n) is 3.55. The molecule has 1 fully saturated rings. The van der Waals surface area contributed by atoms with Crippen molar-refractivity contribution in [1.29, 1.82) is 0 Å². The predicted molar refractivity (Wildman–Crippen MR) is 95.5 cm³/mol. The van der Waals surface area contributed by atoms with Gasteiger partial charge in [-0.1, -0.05) is 29.8 Å². The van der Waals surface area contributed by atoms with Gasteiger partial charge in [0.15, 0.2) is 0 Å². The van der Waals surface area contributed by atoms with E-state index in [0.717, 1.165) is 18.4 Å². The van der Waals surface area contributed by atoms with Crippen LogP contribution in [0.5, 0.6) is 0 Å². The van der Waals surface area contributed by atoms with E-state index in [1.807, 2.05) is 12.1 Å². The molecule has 1 unspecified atom stereocenters. The Morgan fingerprint density at radius 3 is 2.17 bits per heavy atom. The molecule has 0 spiro atoms. The third-order valence-electron chi connectivity index (χ3n) is 4.80.